The molecule has 6 nitrogen and oxygen atoms in total. The van der Waals surface area contributed by atoms with E-state index in [1.807, 2.05) is 44.2 Å². The van der Waals surface area contributed by atoms with Crippen LogP contribution in [-0.2, 0) is 4.79 Å². The Morgan fingerprint density at radius 3 is 2.56 bits per heavy atom. The number of benzene rings is 1. The molecular formula is C19H22N4O2. The largest absolute Gasteiger partial charge is 0.353 e. The Morgan fingerprint density at radius 2 is 1.92 bits per heavy atom. The molecule has 2 aromatic rings. The van der Waals surface area contributed by atoms with E-state index in [0.29, 0.717) is 36.8 Å². The summed E-state index contributed by atoms with van der Waals surface area (Å²) < 4.78 is 0. The van der Waals surface area contributed by atoms with Gasteiger partial charge in [-0.25, -0.2) is 9.97 Å². The van der Waals surface area contributed by atoms with Crippen molar-refractivity contribution < 1.29 is 9.59 Å². The third-order valence-corrected chi connectivity index (χ3v) is 4.22. The Hall–Kier alpha value is -2.76. The highest BCUT2D eigenvalue weighted by atomic mass is 16.2. The summed E-state index contributed by atoms with van der Waals surface area (Å²) in [6.07, 6.45) is 3.72. The SMILES string of the molecule is CC(C)CC1C(=O)NCCN1C(=O)c1cnc(-c2ccccc2)nc1. The Bertz CT molecular complexity index is 744. The molecule has 1 unspecified atom stereocenters. The van der Waals surface area contributed by atoms with Crippen LogP contribution < -0.4 is 5.32 Å². The van der Waals surface area contributed by atoms with E-state index < -0.39 is 6.04 Å². The summed E-state index contributed by atoms with van der Waals surface area (Å²) in [5.74, 6) is 0.614. The summed E-state index contributed by atoms with van der Waals surface area (Å²) in [4.78, 5) is 35.3. The highest BCUT2D eigenvalue weighted by Crippen LogP contribution is 2.18. The van der Waals surface area contributed by atoms with Crippen LogP contribution in [0.2, 0.25) is 0 Å². The first kappa shape index (κ1) is 17.1. The van der Waals surface area contributed by atoms with Crippen LogP contribution in [0.25, 0.3) is 11.4 Å². The number of carbonyl (C=O) groups is 2. The van der Waals surface area contributed by atoms with Crippen molar-refractivity contribution >= 4 is 11.8 Å². The minimum absolute atomic E-state index is 0.0878. The van der Waals surface area contributed by atoms with Crippen LogP contribution in [0.3, 0.4) is 0 Å². The van der Waals surface area contributed by atoms with Crippen LogP contribution in [0.5, 0.6) is 0 Å². The number of hydrogen-bond acceptors (Lipinski definition) is 4. The van der Waals surface area contributed by atoms with Crippen molar-refractivity contribution in [1.82, 2.24) is 20.2 Å². The molecule has 1 aliphatic rings. The summed E-state index contributed by atoms with van der Waals surface area (Å²) in [7, 11) is 0. The predicted octanol–water partition coefficient (Wildman–Crippen LogP) is 2.13. The van der Waals surface area contributed by atoms with Crippen molar-refractivity contribution in [2.45, 2.75) is 26.3 Å². The van der Waals surface area contributed by atoms with Crippen LogP contribution in [0, 0.1) is 5.92 Å². The molecule has 0 spiro atoms. The van der Waals surface area contributed by atoms with Crippen LogP contribution in [0.4, 0.5) is 0 Å². The van der Waals surface area contributed by atoms with E-state index in [1.54, 1.807) is 4.90 Å². The van der Waals surface area contributed by atoms with Gasteiger partial charge in [0, 0.05) is 31.0 Å². The third kappa shape index (κ3) is 3.84. The minimum Gasteiger partial charge on any atom is -0.353 e. The summed E-state index contributed by atoms with van der Waals surface area (Å²) >= 11 is 0. The van der Waals surface area contributed by atoms with Gasteiger partial charge in [0.05, 0.1) is 5.56 Å². The highest BCUT2D eigenvalue weighted by molar-refractivity contribution is 5.97. The first-order valence-electron chi connectivity index (χ1n) is 8.52. The maximum absolute atomic E-state index is 12.9. The standard InChI is InChI=1S/C19H22N4O2/c1-13(2)10-16-18(24)20-8-9-23(16)19(25)15-11-21-17(22-12-15)14-6-4-3-5-7-14/h3-7,11-13,16H,8-10H2,1-2H3,(H,20,24). The number of carbonyl (C=O) groups excluding carboxylic acids is 2. The second-order valence-electron chi connectivity index (χ2n) is 6.60. The topological polar surface area (TPSA) is 75.2 Å². The maximum atomic E-state index is 12.9. The molecule has 0 aliphatic carbocycles. The van der Waals surface area contributed by atoms with E-state index in [1.165, 1.54) is 12.4 Å². The first-order valence-corrected chi connectivity index (χ1v) is 8.52. The summed E-state index contributed by atoms with van der Waals surface area (Å²) in [5.41, 5.74) is 1.31. The Kier molecular flexibility index (Phi) is 5.07. The maximum Gasteiger partial charge on any atom is 0.257 e. The van der Waals surface area contributed by atoms with Gasteiger partial charge >= 0.3 is 0 Å². The van der Waals surface area contributed by atoms with E-state index in [-0.39, 0.29) is 11.8 Å². The van der Waals surface area contributed by atoms with Crippen molar-refractivity contribution in [3.05, 3.63) is 48.3 Å². The first-order chi connectivity index (χ1) is 12.1. The zero-order valence-corrected chi connectivity index (χ0v) is 14.5. The number of piperazine rings is 1. The van der Waals surface area contributed by atoms with Gasteiger partial charge < -0.3 is 10.2 Å². The molecule has 1 aliphatic heterocycles. The van der Waals surface area contributed by atoms with Crippen molar-refractivity contribution in [2.24, 2.45) is 5.92 Å². The molecule has 1 saturated heterocycles. The molecule has 1 aromatic carbocycles. The zero-order valence-electron chi connectivity index (χ0n) is 14.5. The van der Waals surface area contributed by atoms with E-state index in [2.05, 4.69) is 15.3 Å². The molecule has 2 heterocycles. The van der Waals surface area contributed by atoms with Crippen molar-refractivity contribution in [1.29, 1.82) is 0 Å². The van der Waals surface area contributed by atoms with Gasteiger partial charge in [-0.05, 0) is 12.3 Å². The average molecular weight is 338 g/mol. The number of hydrogen-bond donors (Lipinski definition) is 1. The summed E-state index contributed by atoms with van der Waals surface area (Å²) in [6, 6.07) is 9.17. The number of nitrogens with zero attached hydrogens (tertiary/aromatic N) is 3. The summed E-state index contributed by atoms with van der Waals surface area (Å²) in [6.45, 7) is 5.06. The fourth-order valence-electron chi connectivity index (χ4n) is 2.98. The van der Waals surface area contributed by atoms with Gasteiger partial charge in [-0.2, -0.15) is 0 Å². The number of rotatable bonds is 4. The molecule has 2 amide bonds. The normalized spacial score (nSPS) is 17.5. The van der Waals surface area contributed by atoms with Crippen LogP contribution in [0.1, 0.15) is 30.6 Å². The number of nitrogens with one attached hydrogen (secondary N) is 1. The second-order valence-corrected chi connectivity index (χ2v) is 6.60. The molecule has 3 rings (SSSR count). The molecule has 6 heteroatoms. The van der Waals surface area contributed by atoms with Crippen LogP contribution in [-0.4, -0.2) is 45.8 Å². The fraction of sp³-hybridized carbons (Fsp3) is 0.368. The molecular weight excluding hydrogens is 316 g/mol. The molecule has 130 valence electrons. The van der Waals surface area contributed by atoms with Crippen molar-refractivity contribution in [3.63, 3.8) is 0 Å². The molecule has 1 atom stereocenters. The quantitative estimate of drug-likeness (QED) is 0.927. The van der Waals surface area contributed by atoms with Crippen LogP contribution >= 0.6 is 0 Å². The molecule has 1 fully saturated rings. The fourth-order valence-corrected chi connectivity index (χ4v) is 2.98. The van der Waals surface area contributed by atoms with Gasteiger partial charge in [0.25, 0.3) is 5.91 Å². The molecule has 0 radical (unpaired) electrons. The monoisotopic (exact) mass is 338 g/mol. The third-order valence-electron chi connectivity index (χ3n) is 4.22. The zero-order chi connectivity index (χ0) is 17.8. The molecule has 0 saturated carbocycles. The van der Waals surface area contributed by atoms with Gasteiger partial charge in [-0.3, -0.25) is 9.59 Å². The average Bonchev–Trinajstić information content (AvgIpc) is 2.63. The minimum atomic E-state index is -0.435. The van der Waals surface area contributed by atoms with E-state index in [4.69, 9.17) is 0 Å². The lowest BCUT2D eigenvalue weighted by Crippen LogP contribution is -2.57. The lowest BCUT2D eigenvalue weighted by atomic mass is 9.99. The summed E-state index contributed by atoms with van der Waals surface area (Å²) in [5, 5.41) is 2.84. The Labute approximate surface area is 147 Å². The van der Waals surface area contributed by atoms with E-state index >= 15 is 0 Å². The lowest BCUT2D eigenvalue weighted by Gasteiger charge is -2.35. The van der Waals surface area contributed by atoms with E-state index in [0.717, 1.165) is 5.56 Å². The van der Waals surface area contributed by atoms with Crippen LogP contribution in [0.15, 0.2) is 42.7 Å². The molecule has 1 aromatic heterocycles. The lowest BCUT2D eigenvalue weighted by molar-refractivity contribution is -0.128. The Morgan fingerprint density at radius 1 is 1.24 bits per heavy atom. The Balaban J connectivity index is 1.80. The highest BCUT2D eigenvalue weighted by Gasteiger charge is 2.34. The molecule has 0 bridgehead atoms. The second kappa shape index (κ2) is 7.42. The van der Waals surface area contributed by atoms with Crippen molar-refractivity contribution in [2.75, 3.05) is 13.1 Å². The van der Waals surface area contributed by atoms with Gasteiger partial charge in [-0.15, -0.1) is 0 Å². The smallest absolute Gasteiger partial charge is 0.257 e. The van der Waals surface area contributed by atoms with E-state index in [9.17, 15) is 9.59 Å². The molecule has 1 N–H and O–H groups in total. The van der Waals surface area contributed by atoms with Gasteiger partial charge in [0.1, 0.15) is 6.04 Å². The number of aromatic nitrogens is 2. The van der Waals surface area contributed by atoms with Gasteiger partial charge in [-0.1, -0.05) is 44.2 Å². The number of amides is 2. The van der Waals surface area contributed by atoms with Gasteiger partial charge in [0.15, 0.2) is 5.82 Å². The predicted molar refractivity (Wildman–Crippen MR) is 94.8 cm³/mol. The molecule has 25 heavy (non-hydrogen) atoms. The van der Waals surface area contributed by atoms with Gasteiger partial charge in [0.2, 0.25) is 5.91 Å². The van der Waals surface area contributed by atoms with Crippen molar-refractivity contribution in [3.8, 4) is 11.4 Å².